The molecule has 1 aromatic carbocycles. The number of nitrogens with zero attached hydrogens (tertiary/aromatic N) is 2. The Kier molecular flexibility index (Phi) is 9.00. The van der Waals surface area contributed by atoms with Crippen LogP contribution in [0.5, 0.6) is 0 Å². The van der Waals surface area contributed by atoms with E-state index in [4.69, 9.17) is 9.47 Å². The van der Waals surface area contributed by atoms with E-state index in [9.17, 15) is 14.4 Å². The molecule has 0 aliphatic carbocycles. The van der Waals surface area contributed by atoms with Crippen molar-refractivity contribution >= 4 is 45.9 Å². The zero-order chi connectivity index (χ0) is 25.5. The smallest absolute Gasteiger partial charge is 0.348 e. The number of thiophene rings is 1. The maximum atomic E-state index is 12.8. The molecule has 0 bridgehead atoms. The number of aryl methyl sites for hydroxylation is 2. The minimum atomic E-state index is -0.607. The van der Waals surface area contributed by atoms with Crippen LogP contribution < -0.4 is 5.32 Å². The van der Waals surface area contributed by atoms with Gasteiger partial charge in [0, 0.05) is 11.3 Å². The van der Waals surface area contributed by atoms with Crippen molar-refractivity contribution < 1.29 is 23.9 Å². The number of ether oxygens (including phenoxy) is 2. The first kappa shape index (κ1) is 26.4. The lowest BCUT2D eigenvalue weighted by atomic mass is 10.1. The number of amides is 1. The summed E-state index contributed by atoms with van der Waals surface area (Å²) in [5.74, 6) is -1.50. The van der Waals surface area contributed by atoms with Crippen LogP contribution in [-0.4, -0.2) is 46.8 Å². The first-order chi connectivity index (χ1) is 16.7. The molecule has 2 aromatic heterocycles. The summed E-state index contributed by atoms with van der Waals surface area (Å²) in [6.45, 7) is 9.28. The molecule has 2 heterocycles. The molecule has 184 valence electrons. The van der Waals surface area contributed by atoms with Crippen LogP contribution in [0.15, 0.2) is 35.5 Å². The van der Waals surface area contributed by atoms with Gasteiger partial charge in [0.05, 0.1) is 30.2 Å². The van der Waals surface area contributed by atoms with E-state index in [1.165, 1.54) is 11.8 Å². The molecule has 0 saturated heterocycles. The Morgan fingerprint density at radius 1 is 0.971 bits per heavy atom. The predicted octanol–water partition coefficient (Wildman–Crippen LogP) is 5.21. The van der Waals surface area contributed by atoms with Crippen LogP contribution in [0.4, 0.5) is 5.00 Å². The molecule has 10 heteroatoms. The Labute approximate surface area is 212 Å². The fraction of sp³-hybridized carbons (Fsp3) is 0.320. The Morgan fingerprint density at radius 2 is 1.63 bits per heavy atom. The van der Waals surface area contributed by atoms with Crippen molar-refractivity contribution in [2.45, 2.75) is 39.8 Å². The molecule has 0 unspecified atom stereocenters. The normalized spacial score (nSPS) is 10.7. The van der Waals surface area contributed by atoms with Crippen LogP contribution in [0.1, 0.15) is 50.7 Å². The number of carbonyl (C=O) groups excluding carboxylic acids is 3. The summed E-state index contributed by atoms with van der Waals surface area (Å²) in [5.41, 5.74) is 4.26. The average Bonchev–Trinajstić information content (AvgIpc) is 3.14. The largest absolute Gasteiger partial charge is 0.462 e. The van der Waals surface area contributed by atoms with Crippen LogP contribution in [0.25, 0.3) is 11.3 Å². The summed E-state index contributed by atoms with van der Waals surface area (Å²) < 4.78 is 10.2. The van der Waals surface area contributed by atoms with Gasteiger partial charge in [0.25, 0.3) is 0 Å². The number of hydrogen-bond acceptors (Lipinski definition) is 9. The highest BCUT2D eigenvalue weighted by atomic mass is 32.2. The lowest BCUT2D eigenvalue weighted by Crippen LogP contribution is -2.16. The topological polar surface area (TPSA) is 107 Å². The van der Waals surface area contributed by atoms with Gasteiger partial charge in [-0.25, -0.2) is 19.6 Å². The molecular weight excluding hydrogens is 486 g/mol. The zero-order valence-corrected chi connectivity index (χ0v) is 21.9. The summed E-state index contributed by atoms with van der Waals surface area (Å²) in [4.78, 5) is 46.9. The number of aromatic nitrogens is 2. The Hall–Kier alpha value is -3.24. The number of carbonyl (C=O) groups is 3. The molecule has 3 aromatic rings. The minimum Gasteiger partial charge on any atom is -0.462 e. The van der Waals surface area contributed by atoms with Crippen LogP contribution in [0.3, 0.4) is 0 Å². The van der Waals surface area contributed by atoms with Crippen molar-refractivity contribution in [2.75, 3.05) is 24.3 Å². The summed E-state index contributed by atoms with van der Waals surface area (Å²) >= 11 is 2.18. The molecule has 0 spiro atoms. The van der Waals surface area contributed by atoms with Gasteiger partial charge in [0.2, 0.25) is 5.91 Å². The molecule has 0 atom stereocenters. The number of rotatable bonds is 9. The van der Waals surface area contributed by atoms with Gasteiger partial charge in [-0.1, -0.05) is 41.6 Å². The average molecular weight is 514 g/mol. The lowest BCUT2D eigenvalue weighted by Gasteiger charge is -2.08. The third-order valence-corrected chi connectivity index (χ3v) is 6.89. The van der Waals surface area contributed by atoms with Crippen molar-refractivity contribution in [2.24, 2.45) is 0 Å². The lowest BCUT2D eigenvalue weighted by molar-refractivity contribution is -0.113. The van der Waals surface area contributed by atoms with E-state index in [0.29, 0.717) is 10.7 Å². The first-order valence-electron chi connectivity index (χ1n) is 11.1. The van der Waals surface area contributed by atoms with Gasteiger partial charge >= 0.3 is 11.9 Å². The third kappa shape index (κ3) is 6.67. The second kappa shape index (κ2) is 11.9. The molecule has 0 radical (unpaired) electrons. The first-order valence-corrected chi connectivity index (χ1v) is 12.9. The number of anilines is 1. The highest BCUT2D eigenvalue weighted by Gasteiger charge is 2.27. The van der Waals surface area contributed by atoms with Gasteiger partial charge in [-0.2, -0.15) is 0 Å². The summed E-state index contributed by atoms with van der Waals surface area (Å²) in [6.07, 6.45) is 0. The molecule has 35 heavy (non-hydrogen) atoms. The monoisotopic (exact) mass is 513 g/mol. The van der Waals surface area contributed by atoms with Crippen molar-refractivity contribution in [3.05, 3.63) is 57.6 Å². The fourth-order valence-electron chi connectivity index (χ4n) is 3.21. The van der Waals surface area contributed by atoms with Crippen LogP contribution in [-0.2, 0) is 14.3 Å². The maximum Gasteiger partial charge on any atom is 0.348 e. The Balaban J connectivity index is 1.77. The minimum absolute atomic E-state index is 0.0186. The molecule has 1 amide bonds. The number of hydrogen-bond donors (Lipinski definition) is 1. The zero-order valence-electron chi connectivity index (χ0n) is 20.3. The summed E-state index contributed by atoms with van der Waals surface area (Å²) in [5, 5.41) is 3.46. The van der Waals surface area contributed by atoms with Crippen molar-refractivity contribution in [1.29, 1.82) is 0 Å². The molecule has 3 rings (SSSR count). The van der Waals surface area contributed by atoms with Gasteiger partial charge in [-0.3, -0.25) is 4.79 Å². The van der Waals surface area contributed by atoms with Gasteiger partial charge in [0.1, 0.15) is 9.88 Å². The van der Waals surface area contributed by atoms with Crippen molar-refractivity contribution in [1.82, 2.24) is 9.97 Å². The SMILES string of the molecule is CCOC(=O)c1sc(NC(=O)CSc2nc(C)cc(-c3ccc(C)cc3)n2)c(C(=O)OCC)c1C. The number of benzene rings is 1. The molecule has 8 nitrogen and oxygen atoms in total. The molecule has 0 aliphatic rings. The fourth-order valence-corrected chi connectivity index (χ4v) is 5.02. The van der Waals surface area contributed by atoms with E-state index in [1.54, 1.807) is 20.8 Å². The van der Waals surface area contributed by atoms with E-state index >= 15 is 0 Å². The standard InChI is InChI=1S/C25H27N3O5S2/c1-6-32-23(30)20-16(5)21(24(31)33-7-2)35-22(20)28-19(29)13-34-25-26-15(4)12-18(27-25)17-10-8-14(3)9-11-17/h8-12H,6-7,13H2,1-5H3,(H,28,29). The molecular formula is C25H27N3O5S2. The summed E-state index contributed by atoms with van der Waals surface area (Å²) in [7, 11) is 0. The molecule has 0 fully saturated rings. The number of thioether (sulfide) groups is 1. The Morgan fingerprint density at radius 3 is 2.29 bits per heavy atom. The van der Waals surface area contributed by atoms with Crippen LogP contribution >= 0.6 is 23.1 Å². The number of nitrogens with one attached hydrogen (secondary N) is 1. The highest BCUT2D eigenvalue weighted by molar-refractivity contribution is 7.99. The predicted molar refractivity (Wildman–Crippen MR) is 137 cm³/mol. The van der Waals surface area contributed by atoms with Crippen LogP contribution in [0, 0.1) is 20.8 Å². The van der Waals surface area contributed by atoms with E-state index in [2.05, 4.69) is 15.3 Å². The van der Waals surface area contributed by atoms with Crippen LogP contribution in [0.2, 0.25) is 0 Å². The second-order valence-corrected chi connectivity index (χ2v) is 9.54. The van der Waals surface area contributed by atoms with E-state index in [0.717, 1.165) is 33.9 Å². The third-order valence-electron chi connectivity index (χ3n) is 4.85. The van der Waals surface area contributed by atoms with Gasteiger partial charge < -0.3 is 14.8 Å². The summed E-state index contributed by atoms with van der Waals surface area (Å²) in [6, 6.07) is 9.92. The van der Waals surface area contributed by atoms with E-state index < -0.39 is 11.9 Å². The molecule has 0 saturated carbocycles. The second-order valence-electron chi connectivity index (χ2n) is 7.58. The maximum absolute atomic E-state index is 12.8. The Bertz CT molecular complexity index is 1240. The van der Waals surface area contributed by atoms with E-state index in [1.807, 2.05) is 44.2 Å². The van der Waals surface area contributed by atoms with Gasteiger partial charge in [-0.05, 0) is 46.2 Å². The highest BCUT2D eigenvalue weighted by Crippen LogP contribution is 2.34. The van der Waals surface area contributed by atoms with Crippen molar-refractivity contribution in [3.63, 3.8) is 0 Å². The molecule has 0 aliphatic heterocycles. The van der Waals surface area contributed by atoms with E-state index in [-0.39, 0.29) is 40.3 Å². The quantitative estimate of drug-likeness (QED) is 0.236. The number of esters is 2. The van der Waals surface area contributed by atoms with Crippen molar-refractivity contribution in [3.8, 4) is 11.3 Å². The van der Waals surface area contributed by atoms with Gasteiger partial charge in [-0.15, -0.1) is 11.3 Å². The van der Waals surface area contributed by atoms with Gasteiger partial charge in [0.15, 0.2) is 5.16 Å². The molecule has 1 N–H and O–H groups in total.